The summed E-state index contributed by atoms with van der Waals surface area (Å²) < 4.78 is 19.0. The number of hydrogen-bond donors (Lipinski definition) is 2. The van der Waals surface area contributed by atoms with Crippen LogP contribution in [0.1, 0.15) is 34.8 Å². The first-order valence-corrected chi connectivity index (χ1v) is 14.5. The van der Waals surface area contributed by atoms with Gasteiger partial charge in [0, 0.05) is 47.7 Å². The lowest BCUT2D eigenvalue weighted by molar-refractivity contribution is -0.361. The largest absolute Gasteiger partial charge is 0.493 e. The van der Waals surface area contributed by atoms with Crippen LogP contribution >= 0.6 is 0 Å². The van der Waals surface area contributed by atoms with Gasteiger partial charge in [0.2, 0.25) is 5.43 Å². The third kappa shape index (κ3) is 5.97. The molecule has 1 aliphatic rings. The Hall–Kier alpha value is -5.22. The number of piperidine rings is 1. The van der Waals surface area contributed by atoms with Gasteiger partial charge in [-0.25, -0.2) is 15.1 Å². The van der Waals surface area contributed by atoms with Crippen molar-refractivity contribution in [1.29, 1.82) is 0 Å². The number of H-pyrrole nitrogens is 1. The summed E-state index contributed by atoms with van der Waals surface area (Å²) in [6.07, 6.45) is 8.69. The number of amides is 1. The first-order chi connectivity index (χ1) is 21.4. The molecule has 10 nitrogen and oxygen atoms in total. The van der Waals surface area contributed by atoms with E-state index in [1.165, 1.54) is 0 Å². The molecule has 0 atom stereocenters. The van der Waals surface area contributed by atoms with E-state index >= 15 is 0 Å². The summed E-state index contributed by atoms with van der Waals surface area (Å²) in [5.74, 6) is 2.16. The number of aryl methyl sites for hydroxylation is 1. The van der Waals surface area contributed by atoms with Gasteiger partial charge in [-0.1, -0.05) is 29.8 Å². The van der Waals surface area contributed by atoms with Gasteiger partial charge >= 0.3 is 5.91 Å². The Labute approximate surface area is 254 Å². The second-order valence-corrected chi connectivity index (χ2v) is 10.7. The van der Waals surface area contributed by atoms with Crippen LogP contribution in [0.3, 0.4) is 0 Å². The van der Waals surface area contributed by atoms with Crippen molar-refractivity contribution in [2.75, 3.05) is 32.6 Å². The molecule has 0 unspecified atom stereocenters. The highest BCUT2D eigenvalue weighted by Crippen LogP contribution is 2.36. The maximum atomic E-state index is 13.6. The van der Waals surface area contributed by atoms with Gasteiger partial charge < -0.3 is 24.1 Å². The first-order valence-electron chi connectivity index (χ1n) is 14.5. The molecule has 2 aromatic carbocycles. The van der Waals surface area contributed by atoms with Crippen molar-refractivity contribution in [3.8, 4) is 34.1 Å². The predicted octanol–water partition coefficient (Wildman–Crippen LogP) is 5.17. The van der Waals surface area contributed by atoms with Crippen LogP contribution in [-0.4, -0.2) is 42.8 Å². The highest BCUT2D eigenvalue weighted by atomic mass is 16.5. The highest BCUT2D eigenvalue weighted by molar-refractivity contribution is 6.03. The Kier molecular flexibility index (Phi) is 8.25. The lowest BCUT2D eigenvalue weighted by Crippen LogP contribution is -2.32. The third-order valence-corrected chi connectivity index (χ3v) is 7.85. The molecular weight excluding hydrogens is 558 g/mol. The molecule has 0 bridgehead atoms. The number of fused-ring (bicyclic) bond motifs is 1. The van der Waals surface area contributed by atoms with Crippen LogP contribution in [0.15, 0.2) is 84.2 Å². The zero-order valence-electron chi connectivity index (χ0n) is 24.8. The van der Waals surface area contributed by atoms with Crippen LogP contribution in [0.2, 0.25) is 0 Å². The minimum Gasteiger partial charge on any atom is -0.493 e. The van der Waals surface area contributed by atoms with Crippen molar-refractivity contribution < 1.29 is 24.0 Å². The number of anilines is 1. The lowest BCUT2D eigenvalue weighted by atomic mass is 10.0. The number of carbonyl (C=O) groups is 1. The van der Waals surface area contributed by atoms with Gasteiger partial charge in [0.25, 0.3) is 5.82 Å². The van der Waals surface area contributed by atoms with Crippen LogP contribution in [0.4, 0.5) is 5.82 Å². The van der Waals surface area contributed by atoms with E-state index in [0.717, 1.165) is 42.4 Å². The summed E-state index contributed by atoms with van der Waals surface area (Å²) in [7, 11) is 3.15. The van der Waals surface area contributed by atoms with Gasteiger partial charge in [-0.3, -0.25) is 9.78 Å². The molecular formula is C34H34N5O5+. The molecule has 1 aliphatic heterocycles. The van der Waals surface area contributed by atoms with E-state index in [0.29, 0.717) is 39.9 Å². The summed E-state index contributed by atoms with van der Waals surface area (Å²) >= 11 is 0. The number of nitrogens with zero attached hydrogens (tertiary/aromatic N) is 2. The average Bonchev–Trinajstić information content (AvgIpc) is 3.06. The molecule has 1 amide bonds. The van der Waals surface area contributed by atoms with Crippen molar-refractivity contribution in [1.82, 2.24) is 14.9 Å². The number of methoxy groups -OCH3 is 2. The molecule has 3 N–H and O–H groups in total. The van der Waals surface area contributed by atoms with E-state index in [-0.39, 0.29) is 17.0 Å². The van der Waals surface area contributed by atoms with Gasteiger partial charge in [-0.15, -0.1) is 0 Å². The molecule has 0 radical (unpaired) electrons. The van der Waals surface area contributed by atoms with Crippen molar-refractivity contribution in [2.45, 2.75) is 25.8 Å². The molecule has 6 rings (SSSR count). The lowest BCUT2D eigenvalue weighted by Gasteiger charge is -2.26. The highest BCUT2D eigenvalue weighted by Gasteiger charge is 2.23. The van der Waals surface area contributed by atoms with E-state index in [4.69, 9.17) is 14.2 Å². The fourth-order valence-corrected chi connectivity index (χ4v) is 5.42. The number of aromatic amines is 1. The van der Waals surface area contributed by atoms with E-state index in [2.05, 4.69) is 20.6 Å². The van der Waals surface area contributed by atoms with Crippen molar-refractivity contribution in [2.24, 2.45) is 0 Å². The fourth-order valence-electron chi connectivity index (χ4n) is 5.42. The second kappa shape index (κ2) is 12.6. The Morgan fingerprint density at radius 2 is 1.73 bits per heavy atom. The van der Waals surface area contributed by atoms with Gasteiger partial charge in [0.15, 0.2) is 17.2 Å². The van der Waals surface area contributed by atoms with E-state index < -0.39 is 5.91 Å². The topological polar surface area (TPSA) is 118 Å². The Morgan fingerprint density at radius 1 is 0.977 bits per heavy atom. The van der Waals surface area contributed by atoms with Crippen LogP contribution in [0.25, 0.3) is 22.0 Å². The Balaban J connectivity index is 1.26. The van der Waals surface area contributed by atoms with E-state index in [1.54, 1.807) is 57.1 Å². The first kappa shape index (κ1) is 28.9. The molecule has 0 saturated carbocycles. The zero-order chi connectivity index (χ0) is 30.6. The monoisotopic (exact) mass is 592 g/mol. The second-order valence-electron chi connectivity index (χ2n) is 10.7. The van der Waals surface area contributed by atoms with Crippen LogP contribution in [-0.2, 0) is 0 Å². The zero-order valence-corrected chi connectivity index (χ0v) is 24.8. The summed E-state index contributed by atoms with van der Waals surface area (Å²) in [4.78, 5) is 34.6. The molecule has 5 aromatic rings. The van der Waals surface area contributed by atoms with Crippen LogP contribution in [0, 0.1) is 6.92 Å². The fraction of sp³-hybridized carbons (Fsp3) is 0.235. The maximum Gasteiger partial charge on any atom is 0.344 e. The number of rotatable bonds is 8. The van der Waals surface area contributed by atoms with Gasteiger partial charge in [-0.05, 0) is 56.6 Å². The number of pyridine rings is 3. The van der Waals surface area contributed by atoms with Gasteiger partial charge in [-0.2, -0.15) is 0 Å². The number of ether oxygens (including phenoxy) is 3. The van der Waals surface area contributed by atoms with Crippen LogP contribution < -0.4 is 35.3 Å². The molecule has 3 aromatic heterocycles. The Bertz CT molecular complexity index is 1860. The normalized spacial score (nSPS) is 13.4. The van der Waals surface area contributed by atoms with Crippen molar-refractivity contribution in [3.63, 3.8) is 0 Å². The molecule has 224 valence electrons. The molecule has 1 saturated heterocycles. The summed E-state index contributed by atoms with van der Waals surface area (Å²) in [5.41, 5.74) is 2.85. The minimum absolute atomic E-state index is 0.0861. The number of benzene rings is 2. The molecule has 4 heterocycles. The number of nitrogens with one attached hydrogen (secondary N) is 3. The van der Waals surface area contributed by atoms with E-state index in [9.17, 15) is 9.59 Å². The molecule has 0 spiro atoms. The number of carbonyl (C=O) groups excluding carboxylic acids is 1. The Morgan fingerprint density at radius 3 is 2.43 bits per heavy atom. The third-order valence-electron chi connectivity index (χ3n) is 7.85. The van der Waals surface area contributed by atoms with E-state index in [1.807, 2.05) is 48.0 Å². The van der Waals surface area contributed by atoms with Gasteiger partial charge in [0.1, 0.15) is 17.5 Å². The minimum atomic E-state index is -0.488. The average molecular weight is 593 g/mol. The number of aromatic nitrogens is 3. The van der Waals surface area contributed by atoms with Crippen LogP contribution in [0.5, 0.6) is 23.0 Å². The molecule has 0 aliphatic carbocycles. The number of hydrogen-bond acceptors (Lipinski definition) is 7. The smallest absolute Gasteiger partial charge is 0.344 e. The summed E-state index contributed by atoms with van der Waals surface area (Å²) in [6, 6.07) is 16.8. The van der Waals surface area contributed by atoms with Gasteiger partial charge in [0.05, 0.1) is 19.7 Å². The van der Waals surface area contributed by atoms with Crippen molar-refractivity contribution >= 4 is 22.6 Å². The quantitative estimate of drug-likeness (QED) is 0.255. The summed E-state index contributed by atoms with van der Waals surface area (Å²) in [6.45, 7) is 3.78. The standard InChI is InChI=1S/C34H33N5O5/c1-21-4-6-22(7-5-21)26-19-39(23-10-13-35-14-11-23)20-27(33(26)40)34(41)38-32-9-8-24(18-37-32)44-29-12-15-36-28-17-31(43-3)30(42-2)16-25(28)29/h4-9,12,15-20,23,35H,10-11,13-14H2,1-3H3,(H,37,38,41)/p+1. The maximum absolute atomic E-state index is 13.6. The summed E-state index contributed by atoms with van der Waals surface area (Å²) in [5, 5.41) is 6.97. The SMILES string of the molecule is COc1cc2nccc(Oc3ccc(NC(=O)c4cn(C5CCNCC5)cc(-c5ccc(C)cc5)c4=O)[nH+]c3)c2cc1OC. The predicted molar refractivity (Wildman–Crippen MR) is 168 cm³/mol. The molecule has 1 fully saturated rings. The molecule has 10 heteroatoms. The van der Waals surface area contributed by atoms with Crippen molar-refractivity contribution in [3.05, 3.63) is 101 Å². The molecule has 44 heavy (non-hydrogen) atoms.